The minimum atomic E-state index is -0.165. The number of hydrogen-bond acceptors (Lipinski definition) is 3. The van der Waals surface area contributed by atoms with Gasteiger partial charge in [0.2, 0.25) is 0 Å². The van der Waals surface area contributed by atoms with Gasteiger partial charge in [-0.25, -0.2) is 0 Å². The van der Waals surface area contributed by atoms with Crippen molar-refractivity contribution in [1.29, 1.82) is 0 Å². The first-order chi connectivity index (χ1) is 14.3. The maximum atomic E-state index is 13.5. The Hall–Kier alpha value is -3.07. The van der Waals surface area contributed by atoms with Crippen molar-refractivity contribution >= 4 is 27.9 Å². The molecule has 0 radical (unpaired) electrons. The van der Waals surface area contributed by atoms with Gasteiger partial charge in [-0.05, 0) is 45.5 Å². The van der Waals surface area contributed by atoms with E-state index >= 15 is 0 Å². The van der Waals surface area contributed by atoms with Crippen LogP contribution < -0.4 is 10.2 Å². The third-order valence-electron chi connectivity index (χ3n) is 6.52. The van der Waals surface area contributed by atoms with Crippen LogP contribution in [0.2, 0.25) is 0 Å². The zero-order valence-corrected chi connectivity index (χ0v) is 18.1. The SMILES string of the molecule is CN(C)c1ccc([C@H]2c3c(ccc4ccccc34)NC3=CC(C)(C)CC(=O)[C@@H]32)cc1. The lowest BCUT2D eigenvalue weighted by molar-refractivity contribution is -0.124. The molecule has 30 heavy (non-hydrogen) atoms. The quantitative estimate of drug-likeness (QED) is 0.580. The molecular formula is C27H28N2O. The van der Waals surface area contributed by atoms with Crippen LogP contribution in [-0.2, 0) is 4.79 Å². The van der Waals surface area contributed by atoms with Gasteiger partial charge < -0.3 is 10.2 Å². The number of nitrogens with one attached hydrogen (secondary N) is 1. The second-order valence-corrected chi connectivity index (χ2v) is 9.55. The summed E-state index contributed by atoms with van der Waals surface area (Å²) in [4.78, 5) is 15.6. The van der Waals surface area contributed by atoms with Gasteiger partial charge in [0.25, 0.3) is 0 Å². The summed E-state index contributed by atoms with van der Waals surface area (Å²) in [5, 5.41) is 6.07. The molecule has 1 N–H and O–H groups in total. The summed E-state index contributed by atoms with van der Waals surface area (Å²) in [6.45, 7) is 4.29. The standard InChI is InChI=1S/C27H28N2O/c1-27(2)15-22-26(23(30)16-27)24(18-9-12-19(13-10-18)29(3)4)25-20-8-6-5-7-17(20)11-14-21(25)28-22/h5-15,24,26,28H,16H2,1-4H3/t24-,26+/m0/s1. The molecule has 2 aliphatic rings. The number of ketones is 1. The molecule has 3 nitrogen and oxygen atoms in total. The maximum absolute atomic E-state index is 13.5. The summed E-state index contributed by atoms with van der Waals surface area (Å²) >= 11 is 0. The Labute approximate surface area is 178 Å². The molecule has 0 amide bonds. The molecule has 0 unspecified atom stereocenters. The van der Waals surface area contributed by atoms with Crippen molar-refractivity contribution in [3.05, 3.63) is 83.6 Å². The third-order valence-corrected chi connectivity index (χ3v) is 6.52. The number of rotatable bonds is 2. The molecule has 1 aliphatic heterocycles. The van der Waals surface area contributed by atoms with Crippen LogP contribution in [0.1, 0.15) is 37.3 Å². The molecule has 1 heterocycles. The van der Waals surface area contributed by atoms with Crippen molar-refractivity contribution in [3.63, 3.8) is 0 Å². The summed E-state index contributed by atoms with van der Waals surface area (Å²) in [5.74, 6) is 0.171. The van der Waals surface area contributed by atoms with Crippen LogP contribution in [-0.4, -0.2) is 19.9 Å². The van der Waals surface area contributed by atoms with Crippen LogP contribution in [0.4, 0.5) is 11.4 Å². The molecule has 152 valence electrons. The second kappa shape index (κ2) is 6.73. The van der Waals surface area contributed by atoms with E-state index < -0.39 is 0 Å². The van der Waals surface area contributed by atoms with Gasteiger partial charge in [0.05, 0.1) is 5.92 Å². The molecule has 3 aromatic carbocycles. The summed E-state index contributed by atoms with van der Waals surface area (Å²) in [7, 11) is 4.10. The van der Waals surface area contributed by atoms with Crippen LogP contribution in [0.15, 0.2) is 72.4 Å². The number of hydrogen-bond donors (Lipinski definition) is 1. The van der Waals surface area contributed by atoms with Gasteiger partial charge in [-0.1, -0.05) is 62.4 Å². The molecule has 3 aromatic rings. The topological polar surface area (TPSA) is 32.3 Å². The van der Waals surface area contributed by atoms with Crippen LogP contribution in [0, 0.1) is 11.3 Å². The number of carbonyl (C=O) groups is 1. The van der Waals surface area contributed by atoms with Gasteiger partial charge in [0, 0.05) is 43.5 Å². The fraction of sp³-hybridized carbons (Fsp3) is 0.296. The first kappa shape index (κ1) is 18.9. The molecule has 1 aliphatic carbocycles. The number of fused-ring (bicyclic) bond motifs is 4. The van der Waals surface area contributed by atoms with E-state index in [1.807, 2.05) is 0 Å². The molecule has 0 saturated carbocycles. The number of benzene rings is 3. The van der Waals surface area contributed by atoms with Crippen LogP contribution in [0.25, 0.3) is 10.8 Å². The van der Waals surface area contributed by atoms with Crippen LogP contribution in [0.3, 0.4) is 0 Å². The smallest absolute Gasteiger partial charge is 0.143 e. The highest BCUT2D eigenvalue weighted by atomic mass is 16.1. The second-order valence-electron chi connectivity index (χ2n) is 9.55. The fourth-order valence-corrected chi connectivity index (χ4v) is 5.17. The number of anilines is 2. The van der Waals surface area contributed by atoms with Gasteiger partial charge in [0.1, 0.15) is 5.78 Å². The van der Waals surface area contributed by atoms with Gasteiger partial charge in [-0.3, -0.25) is 4.79 Å². The van der Waals surface area contributed by atoms with Crippen molar-refractivity contribution in [1.82, 2.24) is 0 Å². The van der Waals surface area contributed by atoms with Crippen molar-refractivity contribution < 1.29 is 4.79 Å². The summed E-state index contributed by atoms with van der Waals surface area (Å²) in [6.07, 6.45) is 2.85. The first-order valence-electron chi connectivity index (χ1n) is 10.7. The minimum absolute atomic E-state index is 0.0124. The molecule has 0 bridgehead atoms. The average Bonchev–Trinajstić information content (AvgIpc) is 2.71. The summed E-state index contributed by atoms with van der Waals surface area (Å²) < 4.78 is 0. The predicted octanol–water partition coefficient (Wildman–Crippen LogP) is 5.96. The molecule has 0 spiro atoms. The highest BCUT2D eigenvalue weighted by Crippen LogP contribution is 2.51. The Kier molecular flexibility index (Phi) is 4.25. The van der Waals surface area contributed by atoms with Gasteiger partial charge in [-0.2, -0.15) is 0 Å². The van der Waals surface area contributed by atoms with E-state index in [4.69, 9.17) is 0 Å². The molecule has 0 aromatic heterocycles. The average molecular weight is 397 g/mol. The van der Waals surface area contributed by atoms with E-state index in [9.17, 15) is 4.79 Å². The monoisotopic (exact) mass is 396 g/mol. The lowest BCUT2D eigenvalue weighted by Gasteiger charge is -2.42. The number of allylic oxidation sites excluding steroid dienone is 2. The normalized spacial score (nSPS) is 22.0. The van der Waals surface area contributed by atoms with Crippen LogP contribution >= 0.6 is 0 Å². The number of nitrogens with zero attached hydrogens (tertiary/aromatic N) is 1. The molecule has 2 atom stereocenters. The zero-order chi connectivity index (χ0) is 21.0. The summed E-state index contributed by atoms with van der Waals surface area (Å²) in [5.41, 5.74) is 5.65. The fourth-order valence-electron chi connectivity index (χ4n) is 5.17. The molecular weight excluding hydrogens is 368 g/mol. The predicted molar refractivity (Wildman–Crippen MR) is 125 cm³/mol. The highest BCUT2D eigenvalue weighted by molar-refractivity contribution is 5.97. The molecule has 3 heteroatoms. The van der Waals surface area contributed by atoms with Crippen LogP contribution in [0.5, 0.6) is 0 Å². The van der Waals surface area contributed by atoms with Crippen molar-refractivity contribution in [2.75, 3.05) is 24.3 Å². The Morgan fingerprint density at radius 2 is 1.67 bits per heavy atom. The Morgan fingerprint density at radius 3 is 2.40 bits per heavy atom. The summed E-state index contributed by atoms with van der Waals surface area (Å²) in [6, 6.07) is 21.5. The largest absolute Gasteiger partial charge is 0.378 e. The van der Waals surface area contributed by atoms with Gasteiger partial charge in [0.15, 0.2) is 0 Å². The van der Waals surface area contributed by atoms with E-state index in [1.165, 1.54) is 21.9 Å². The molecule has 0 fully saturated rings. The lowest BCUT2D eigenvalue weighted by Crippen LogP contribution is -2.39. The van der Waals surface area contributed by atoms with E-state index in [2.05, 4.69) is 105 Å². The van der Waals surface area contributed by atoms with E-state index in [0.717, 1.165) is 17.1 Å². The molecule has 5 rings (SSSR count). The Morgan fingerprint density at radius 1 is 0.933 bits per heavy atom. The lowest BCUT2D eigenvalue weighted by atomic mass is 9.66. The highest BCUT2D eigenvalue weighted by Gasteiger charge is 2.44. The number of carbonyl (C=O) groups excluding carboxylic acids is 1. The van der Waals surface area contributed by atoms with Crippen molar-refractivity contribution in [3.8, 4) is 0 Å². The number of Topliss-reactive ketones (excluding diaryl/α,β-unsaturated/α-hetero) is 1. The van der Waals surface area contributed by atoms with Crippen molar-refractivity contribution in [2.24, 2.45) is 11.3 Å². The van der Waals surface area contributed by atoms with Crippen molar-refractivity contribution in [2.45, 2.75) is 26.2 Å². The third kappa shape index (κ3) is 3.00. The van der Waals surface area contributed by atoms with E-state index in [-0.39, 0.29) is 17.3 Å². The Bertz CT molecular complexity index is 1170. The first-order valence-corrected chi connectivity index (χ1v) is 10.7. The van der Waals surface area contributed by atoms with E-state index in [1.54, 1.807) is 0 Å². The Balaban J connectivity index is 1.77. The van der Waals surface area contributed by atoms with Gasteiger partial charge in [-0.15, -0.1) is 0 Å². The zero-order valence-electron chi connectivity index (χ0n) is 18.1. The minimum Gasteiger partial charge on any atom is -0.378 e. The van der Waals surface area contributed by atoms with Gasteiger partial charge >= 0.3 is 0 Å². The van der Waals surface area contributed by atoms with E-state index in [0.29, 0.717) is 12.2 Å². The molecule has 0 saturated heterocycles. The maximum Gasteiger partial charge on any atom is 0.143 e.